The third-order valence-corrected chi connectivity index (χ3v) is 5.79. The number of carbonyl (C=O) groups is 1. The Morgan fingerprint density at radius 2 is 2.04 bits per heavy atom. The molecule has 2 aromatic rings. The number of aliphatic hydroxyl groups excluding tert-OH is 1. The fourth-order valence-electron chi connectivity index (χ4n) is 4.25. The lowest BCUT2D eigenvalue weighted by Crippen LogP contribution is -2.47. The Morgan fingerprint density at radius 1 is 1.22 bits per heavy atom. The summed E-state index contributed by atoms with van der Waals surface area (Å²) >= 11 is 0. The fraction of sp³-hybridized carbons (Fsp3) is 0.550. The molecule has 0 bridgehead atoms. The Kier molecular flexibility index (Phi) is 5.50. The van der Waals surface area contributed by atoms with Crippen LogP contribution in [0.3, 0.4) is 0 Å². The predicted octanol–water partition coefficient (Wildman–Crippen LogP) is 1.43. The molecule has 1 aromatic carbocycles. The highest BCUT2D eigenvalue weighted by molar-refractivity contribution is 5.78. The van der Waals surface area contributed by atoms with E-state index in [0.29, 0.717) is 18.8 Å². The number of carbonyl (C=O) groups excluding carboxylic acids is 1. The monoisotopic (exact) mass is 369 g/mol. The number of amides is 1. The molecule has 1 amide bonds. The average Bonchev–Trinajstić information content (AvgIpc) is 3.21. The zero-order chi connectivity index (χ0) is 18.6. The number of rotatable bonds is 5. The lowest BCUT2D eigenvalue weighted by molar-refractivity contribution is -0.131. The van der Waals surface area contributed by atoms with Crippen LogP contribution in [0.4, 0.5) is 0 Å². The van der Waals surface area contributed by atoms with E-state index >= 15 is 0 Å². The summed E-state index contributed by atoms with van der Waals surface area (Å²) in [5.74, 6) is 0.156. The van der Waals surface area contributed by atoms with Gasteiger partial charge in [0.2, 0.25) is 5.91 Å². The number of nitrogens with zero attached hydrogens (tertiary/aromatic N) is 4. The predicted molar refractivity (Wildman–Crippen MR) is 101 cm³/mol. The topological polar surface area (TPSA) is 83.3 Å². The van der Waals surface area contributed by atoms with E-state index in [1.54, 1.807) is 0 Å². The normalized spacial score (nSPS) is 22.5. The number of aliphatic hydroxyl groups is 1. The second-order valence-electron chi connectivity index (χ2n) is 7.52. The smallest absolute Gasteiger partial charge is 0.236 e. The van der Waals surface area contributed by atoms with Crippen LogP contribution < -0.4 is 5.32 Å². The summed E-state index contributed by atoms with van der Waals surface area (Å²) in [4.78, 5) is 14.7. The lowest BCUT2D eigenvalue weighted by atomic mass is 9.90. The number of fused-ring (bicyclic) bond motifs is 1. The number of hydrogen-bond acceptors (Lipinski definition) is 5. The van der Waals surface area contributed by atoms with E-state index in [9.17, 15) is 9.90 Å². The number of benzene rings is 1. The molecule has 4 rings (SSSR count). The second-order valence-corrected chi connectivity index (χ2v) is 7.52. The van der Waals surface area contributed by atoms with Crippen LogP contribution in [0, 0.1) is 0 Å². The maximum Gasteiger partial charge on any atom is 0.236 e. The van der Waals surface area contributed by atoms with E-state index in [1.165, 1.54) is 11.1 Å². The van der Waals surface area contributed by atoms with Gasteiger partial charge in [0.25, 0.3) is 0 Å². The number of aromatic nitrogens is 3. The van der Waals surface area contributed by atoms with Crippen molar-refractivity contribution in [3.63, 3.8) is 0 Å². The van der Waals surface area contributed by atoms with E-state index in [1.807, 2.05) is 21.8 Å². The summed E-state index contributed by atoms with van der Waals surface area (Å²) in [7, 11) is 0. The molecular weight excluding hydrogens is 342 g/mol. The summed E-state index contributed by atoms with van der Waals surface area (Å²) in [6.45, 7) is 1.74. The SMILES string of the molecule is O=C(CN[C@H]1CCCC[C@H]1n1cc(CO)nn1)N1CCc2ccccc2C1. The highest BCUT2D eigenvalue weighted by Gasteiger charge is 2.29. The van der Waals surface area contributed by atoms with Crippen molar-refractivity contribution in [1.82, 2.24) is 25.2 Å². The van der Waals surface area contributed by atoms with Crippen LogP contribution >= 0.6 is 0 Å². The molecule has 27 heavy (non-hydrogen) atoms. The molecule has 0 radical (unpaired) electrons. The molecular formula is C20H27N5O2. The Labute approximate surface area is 159 Å². The van der Waals surface area contributed by atoms with Crippen LogP contribution in [0.2, 0.25) is 0 Å². The summed E-state index contributed by atoms with van der Waals surface area (Å²) in [6, 6.07) is 8.75. The summed E-state index contributed by atoms with van der Waals surface area (Å²) in [6.07, 6.45) is 7.08. The van der Waals surface area contributed by atoms with Crippen molar-refractivity contribution in [1.29, 1.82) is 0 Å². The molecule has 0 spiro atoms. The van der Waals surface area contributed by atoms with Crippen molar-refractivity contribution in [2.75, 3.05) is 13.1 Å². The molecule has 7 nitrogen and oxygen atoms in total. The van der Waals surface area contributed by atoms with Crippen molar-refractivity contribution in [3.05, 3.63) is 47.3 Å². The first kappa shape index (κ1) is 18.1. The molecule has 1 fully saturated rings. The Morgan fingerprint density at radius 3 is 2.85 bits per heavy atom. The van der Waals surface area contributed by atoms with Gasteiger partial charge in [0.15, 0.2) is 0 Å². The van der Waals surface area contributed by atoms with Gasteiger partial charge in [-0.05, 0) is 30.4 Å². The van der Waals surface area contributed by atoms with E-state index in [2.05, 4.69) is 33.8 Å². The third-order valence-electron chi connectivity index (χ3n) is 5.79. The highest BCUT2D eigenvalue weighted by atomic mass is 16.3. The van der Waals surface area contributed by atoms with Crippen LogP contribution in [0.1, 0.15) is 48.5 Å². The first-order chi connectivity index (χ1) is 13.2. The largest absolute Gasteiger partial charge is 0.390 e. The average molecular weight is 369 g/mol. The minimum atomic E-state index is -0.0975. The van der Waals surface area contributed by atoms with Crippen molar-refractivity contribution in [2.45, 2.75) is 57.3 Å². The zero-order valence-corrected chi connectivity index (χ0v) is 15.5. The van der Waals surface area contributed by atoms with Crippen molar-refractivity contribution in [3.8, 4) is 0 Å². The lowest BCUT2D eigenvalue weighted by Gasteiger charge is -2.33. The molecule has 0 saturated heterocycles. The van der Waals surface area contributed by atoms with Crippen molar-refractivity contribution in [2.24, 2.45) is 0 Å². The van der Waals surface area contributed by atoms with E-state index in [-0.39, 0.29) is 24.6 Å². The molecule has 0 unspecified atom stereocenters. The molecule has 2 heterocycles. The Hall–Kier alpha value is -2.25. The number of hydrogen-bond donors (Lipinski definition) is 2. The molecule has 2 aliphatic rings. The quantitative estimate of drug-likeness (QED) is 0.833. The molecule has 1 saturated carbocycles. The third kappa shape index (κ3) is 4.04. The minimum absolute atomic E-state index is 0.0975. The molecule has 144 valence electrons. The number of nitrogens with one attached hydrogen (secondary N) is 1. The van der Waals surface area contributed by atoms with Crippen LogP contribution in [0.5, 0.6) is 0 Å². The van der Waals surface area contributed by atoms with Gasteiger partial charge in [-0.2, -0.15) is 0 Å². The van der Waals surface area contributed by atoms with Gasteiger partial charge in [0, 0.05) is 19.1 Å². The molecule has 1 aliphatic carbocycles. The van der Waals surface area contributed by atoms with Crippen LogP contribution in [0.15, 0.2) is 30.5 Å². The molecule has 7 heteroatoms. The summed E-state index contributed by atoms with van der Waals surface area (Å²) in [5.41, 5.74) is 3.20. The zero-order valence-electron chi connectivity index (χ0n) is 15.5. The van der Waals surface area contributed by atoms with E-state index < -0.39 is 0 Å². The maximum absolute atomic E-state index is 12.7. The van der Waals surface area contributed by atoms with Gasteiger partial charge in [0.1, 0.15) is 5.69 Å². The summed E-state index contributed by atoms with van der Waals surface area (Å²) in [5, 5.41) is 20.9. The molecule has 1 aromatic heterocycles. The molecule has 2 N–H and O–H groups in total. The maximum atomic E-state index is 12.7. The van der Waals surface area contributed by atoms with Crippen LogP contribution in [-0.4, -0.2) is 50.0 Å². The molecule has 1 aliphatic heterocycles. The van der Waals surface area contributed by atoms with E-state index in [4.69, 9.17) is 0 Å². The first-order valence-electron chi connectivity index (χ1n) is 9.84. The van der Waals surface area contributed by atoms with Gasteiger partial charge >= 0.3 is 0 Å². The van der Waals surface area contributed by atoms with Gasteiger partial charge in [-0.15, -0.1) is 5.10 Å². The Bertz CT molecular complexity index is 790. The van der Waals surface area contributed by atoms with Crippen LogP contribution in [-0.2, 0) is 24.4 Å². The highest BCUT2D eigenvalue weighted by Crippen LogP contribution is 2.28. The van der Waals surface area contributed by atoms with Gasteiger partial charge in [-0.25, -0.2) is 4.68 Å². The first-order valence-corrected chi connectivity index (χ1v) is 9.84. The van der Waals surface area contributed by atoms with Gasteiger partial charge in [-0.1, -0.05) is 42.3 Å². The molecule has 2 atom stereocenters. The van der Waals surface area contributed by atoms with Gasteiger partial charge in [0.05, 0.1) is 25.4 Å². The fourth-order valence-corrected chi connectivity index (χ4v) is 4.25. The summed E-state index contributed by atoms with van der Waals surface area (Å²) < 4.78 is 1.85. The second kappa shape index (κ2) is 8.19. The Balaban J connectivity index is 1.36. The minimum Gasteiger partial charge on any atom is -0.390 e. The van der Waals surface area contributed by atoms with Crippen molar-refractivity contribution >= 4 is 5.91 Å². The van der Waals surface area contributed by atoms with Gasteiger partial charge < -0.3 is 15.3 Å². The van der Waals surface area contributed by atoms with Crippen molar-refractivity contribution < 1.29 is 9.90 Å². The van der Waals surface area contributed by atoms with Crippen LogP contribution in [0.25, 0.3) is 0 Å². The van der Waals surface area contributed by atoms with Gasteiger partial charge in [-0.3, -0.25) is 4.79 Å². The van der Waals surface area contributed by atoms with E-state index in [0.717, 1.165) is 38.6 Å². The standard InChI is InChI=1S/C20H27N5O2/c26-14-17-13-25(23-22-17)19-8-4-3-7-18(19)21-11-20(27)24-10-9-15-5-1-2-6-16(15)12-24/h1-2,5-6,13,18-19,21,26H,3-4,7-12,14H2/t18-,19+/m0/s1.